The normalized spacial score (nSPS) is 7.50. The van der Waals surface area contributed by atoms with E-state index in [-0.39, 0.29) is 17.1 Å². The van der Waals surface area contributed by atoms with Crippen LogP contribution >= 0.6 is 11.3 Å². The van der Waals surface area contributed by atoms with Gasteiger partial charge in [0.1, 0.15) is 0 Å². The largest absolute Gasteiger partial charge is 1.00 e. The van der Waals surface area contributed by atoms with Crippen molar-refractivity contribution in [2.75, 3.05) is 0 Å². The molecule has 0 fully saturated rings. The third-order valence-corrected chi connectivity index (χ3v) is 1.39. The van der Waals surface area contributed by atoms with Gasteiger partial charge in [-0.05, 0) is 5.38 Å². The minimum absolute atomic E-state index is 0. The molecule has 46 valence electrons. The van der Waals surface area contributed by atoms with Crippen molar-refractivity contribution < 1.29 is 21.9 Å². The number of hydrogen-bond donors (Lipinski definition) is 0. The molecule has 1 aromatic rings. The topological polar surface area (TPSA) is 17.1 Å². The Balaban J connectivity index is 0.000000490. The predicted octanol–water partition coefficient (Wildman–Crippen LogP) is 1.20. The molecule has 0 aliphatic rings. The van der Waals surface area contributed by atoms with Gasteiger partial charge in [0.25, 0.3) is 0 Å². The van der Waals surface area contributed by atoms with Crippen molar-refractivity contribution >= 4 is 17.6 Å². The van der Waals surface area contributed by atoms with Gasteiger partial charge in [-0.3, -0.25) is 0 Å². The quantitative estimate of drug-likeness (QED) is 0.462. The summed E-state index contributed by atoms with van der Waals surface area (Å²) < 4.78 is 0. The maximum Gasteiger partial charge on any atom is 1.00 e. The molecule has 0 aliphatic carbocycles. The molecule has 0 saturated heterocycles. The first-order valence-corrected chi connectivity index (χ1v) is 2.73. The van der Waals surface area contributed by atoms with Crippen molar-refractivity contribution in [2.45, 2.75) is 0 Å². The SMILES string of the molecule is O=[C-]c1cccs1.[Cu+]. The van der Waals surface area contributed by atoms with Crippen molar-refractivity contribution in [2.24, 2.45) is 0 Å². The molecule has 0 aromatic carbocycles. The number of carbonyl (C=O) groups excluding carboxylic acids is 1. The van der Waals surface area contributed by atoms with E-state index in [1.807, 2.05) is 11.4 Å². The van der Waals surface area contributed by atoms with Gasteiger partial charge >= 0.3 is 17.1 Å². The minimum Gasteiger partial charge on any atom is -0.417 e. The number of thiophene rings is 1. The molecular weight excluding hydrogens is 172 g/mol. The summed E-state index contributed by atoms with van der Waals surface area (Å²) in [5, 5.41) is 1.85. The fraction of sp³-hybridized carbons (Fsp3) is 0. The zero-order valence-electron chi connectivity index (χ0n) is 3.85. The smallest absolute Gasteiger partial charge is 0.417 e. The molecule has 1 heterocycles. The standard InChI is InChI=1S/C5H3OS.Cu/c6-4-5-2-1-3-7-5;/h1-3H;/q-1;+1. The van der Waals surface area contributed by atoms with E-state index in [1.54, 1.807) is 12.4 Å². The van der Waals surface area contributed by atoms with Crippen LogP contribution in [0.3, 0.4) is 0 Å². The summed E-state index contributed by atoms with van der Waals surface area (Å²) in [6.07, 6.45) is 1.78. The van der Waals surface area contributed by atoms with Crippen LogP contribution in [0.1, 0.15) is 4.88 Å². The summed E-state index contributed by atoms with van der Waals surface area (Å²) in [6, 6.07) is 3.56. The van der Waals surface area contributed by atoms with Crippen molar-refractivity contribution in [1.29, 1.82) is 0 Å². The Hall–Kier alpha value is -0.111. The molecule has 1 nitrogen and oxygen atoms in total. The molecule has 0 bridgehead atoms. The van der Waals surface area contributed by atoms with E-state index in [9.17, 15) is 4.79 Å². The van der Waals surface area contributed by atoms with Gasteiger partial charge in [0.15, 0.2) is 0 Å². The average molecular weight is 175 g/mol. The van der Waals surface area contributed by atoms with Crippen LogP contribution < -0.4 is 0 Å². The van der Waals surface area contributed by atoms with Gasteiger partial charge < -0.3 is 4.79 Å². The van der Waals surface area contributed by atoms with Gasteiger partial charge in [-0.2, -0.15) is 17.4 Å². The van der Waals surface area contributed by atoms with Crippen LogP contribution in [0, 0.1) is 0 Å². The van der Waals surface area contributed by atoms with E-state index in [1.165, 1.54) is 11.3 Å². The third-order valence-electron chi connectivity index (χ3n) is 0.622. The number of rotatable bonds is 1. The first kappa shape index (κ1) is 7.89. The summed E-state index contributed by atoms with van der Waals surface area (Å²) in [5.74, 6) is 0. The molecule has 1 rings (SSSR count). The molecule has 0 radical (unpaired) electrons. The van der Waals surface area contributed by atoms with E-state index in [0.29, 0.717) is 4.88 Å². The Morgan fingerprint density at radius 1 is 1.62 bits per heavy atom. The fourth-order valence-corrected chi connectivity index (χ4v) is 0.846. The Labute approximate surface area is 62.2 Å². The first-order chi connectivity index (χ1) is 3.43. The molecule has 8 heavy (non-hydrogen) atoms. The van der Waals surface area contributed by atoms with E-state index >= 15 is 0 Å². The predicted molar refractivity (Wildman–Crippen MR) is 29.1 cm³/mol. The second kappa shape index (κ2) is 3.84. The first-order valence-electron chi connectivity index (χ1n) is 1.85. The van der Waals surface area contributed by atoms with Gasteiger partial charge in [0.2, 0.25) is 0 Å². The van der Waals surface area contributed by atoms with Gasteiger partial charge in [-0.1, -0.05) is 0 Å². The molecule has 3 heteroatoms. The maximum atomic E-state index is 9.75. The van der Waals surface area contributed by atoms with Crippen LogP contribution in [-0.4, -0.2) is 6.29 Å². The van der Waals surface area contributed by atoms with Crippen molar-refractivity contribution in [3.8, 4) is 0 Å². The summed E-state index contributed by atoms with van der Waals surface area (Å²) in [5.41, 5.74) is 0. The second-order valence-corrected chi connectivity index (χ2v) is 2.03. The van der Waals surface area contributed by atoms with E-state index in [0.717, 1.165) is 0 Å². The average Bonchev–Trinajstić information content (AvgIpc) is 2.14. The van der Waals surface area contributed by atoms with Crippen LogP contribution in [0.15, 0.2) is 17.5 Å². The Bertz CT molecular complexity index is 147. The molecule has 0 N–H and O–H groups in total. The molecule has 1 aromatic heterocycles. The zero-order valence-corrected chi connectivity index (χ0v) is 5.61. The molecule has 0 unspecified atom stereocenters. The van der Waals surface area contributed by atoms with Crippen molar-refractivity contribution in [3.63, 3.8) is 0 Å². The monoisotopic (exact) mass is 174 g/mol. The molecule has 0 atom stereocenters. The van der Waals surface area contributed by atoms with Crippen molar-refractivity contribution in [1.82, 2.24) is 0 Å². The minimum atomic E-state index is 0. The number of hydrogen-bond acceptors (Lipinski definition) is 2. The van der Waals surface area contributed by atoms with Gasteiger partial charge in [-0.15, -0.1) is 10.9 Å². The fourth-order valence-electron chi connectivity index (χ4n) is 0.337. The zero-order chi connectivity index (χ0) is 5.11. The van der Waals surface area contributed by atoms with Gasteiger partial charge in [0.05, 0.1) is 0 Å². The van der Waals surface area contributed by atoms with Crippen LogP contribution in [-0.2, 0) is 21.9 Å². The van der Waals surface area contributed by atoms with Crippen LogP contribution in [0.4, 0.5) is 0 Å². The summed E-state index contributed by atoms with van der Waals surface area (Å²) >= 11 is 1.40. The summed E-state index contributed by atoms with van der Waals surface area (Å²) in [7, 11) is 0. The van der Waals surface area contributed by atoms with Crippen LogP contribution in [0.25, 0.3) is 0 Å². The maximum absolute atomic E-state index is 9.75. The summed E-state index contributed by atoms with van der Waals surface area (Å²) in [6.45, 7) is 0. The van der Waals surface area contributed by atoms with Crippen molar-refractivity contribution in [3.05, 3.63) is 22.4 Å². The van der Waals surface area contributed by atoms with Gasteiger partial charge in [0, 0.05) is 6.29 Å². The van der Waals surface area contributed by atoms with E-state index in [4.69, 9.17) is 0 Å². The molecule has 0 aliphatic heterocycles. The van der Waals surface area contributed by atoms with Crippen LogP contribution in [0.2, 0.25) is 0 Å². The van der Waals surface area contributed by atoms with Crippen LogP contribution in [0.5, 0.6) is 0 Å². The van der Waals surface area contributed by atoms with E-state index < -0.39 is 0 Å². The molecule has 0 amide bonds. The van der Waals surface area contributed by atoms with E-state index in [2.05, 4.69) is 0 Å². The van der Waals surface area contributed by atoms with Gasteiger partial charge in [-0.25, -0.2) is 0 Å². The Morgan fingerprint density at radius 2 is 2.38 bits per heavy atom. The third kappa shape index (κ3) is 1.78. The molecule has 0 saturated carbocycles. The molecule has 0 spiro atoms. The Morgan fingerprint density at radius 3 is 2.62 bits per heavy atom. The summed E-state index contributed by atoms with van der Waals surface area (Å²) in [4.78, 5) is 10.4. The Kier molecular flexibility index (Phi) is 3.79. The molecular formula is C5H3CuOS. The second-order valence-electron chi connectivity index (χ2n) is 1.08.